The number of nitrogens with zero attached hydrogens (tertiary/aromatic N) is 2. The normalized spacial score (nSPS) is 10.4. The standard InChI is InChI=1S/C12H12N2O2S/c1-9-2-4-14(5-3-9)7-11-13-10(8-17-11)6-12(15)16/h2-5,8H,6-7H2,1H3/p+1. The predicted molar refractivity (Wildman–Crippen MR) is 63.9 cm³/mol. The van der Waals surface area contributed by atoms with Crippen LogP contribution in [0.2, 0.25) is 0 Å². The summed E-state index contributed by atoms with van der Waals surface area (Å²) >= 11 is 1.50. The zero-order valence-corrected chi connectivity index (χ0v) is 10.3. The lowest BCUT2D eigenvalue weighted by Crippen LogP contribution is -2.33. The van der Waals surface area contributed by atoms with Crippen LogP contribution in [0.15, 0.2) is 29.9 Å². The van der Waals surface area contributed by atoms with Crippen LogP contribution in [0.5, 0.6) is 0 Å². The second kappa shape index (κ2) is 5.05. The van der Waals surface area contributed by atoms with Crippen LogP contribution >= 0.6 is 11.3 Å². The van der Waals surface area contributed by atoms with Crippen molar-refractivity contribution in [2.45, 2.75) is 19.9 Å². The van der Waals surface area contributed by atoms with Crippen LogP contribution < -0.4 is 4.57 Å². The Labute approximate surface area is 103 Å². The van der Waals surface area contributed by atoms with E-state index in [0.717, 1.165) is 5.01 Å². The molecule has 0 bridgehead atoms. The zero-order chi connectivity index (χ0) is 12.3. The van der Waals surface area contributed by atoms with Crippen LogP contribution in [-0.2, 0) is 17.8 Å². The first kappa shape index (κ1) is 11.7. The van der Waals surface area contributed by atoms with Crippen molar-refractivity contribution in [2.75, 3.05) is 0 Å². The minimum atomic E-state index is -0.843. The van der Waals surface area contributed by atoms with Crippen LogP contribution in [-0.4, -0.2) is 16.1 Å². The Kier molecular flexibility index (Phi) is 3.49. The molecule has 0 saturated heterocycles. The lowest BCUT2D eigenvalue weighted by Gasteiger charge is -1.93. The third-order valence-electron chi connectivity index (χ3n) is 2.31. The summed E-state index contributed by atoms with van der Waals surface area (Å²) in [4.78, 5) is 14.8. The summed E-state index contributed by atoms with van der Waals surface area (Å²) in [5.41, 5.74) is 1.84. The van der Waals surface area contributed by atoms with E-state index < -0.39 is 5.97 Å². The molecule has 0 aromatic carbocycles. The van der Waals surface area contributed by atoms with Crippen LogP contribution in [0.3, 0.4) is 0 Å². The number of hydrogen-bond donors (Lipinski definition) is 1. The van der Waals surface area contributed by atoms with Gasteiger partial charge in [0, 0.05) is 17.5 Å². The summed E-state index contributed by atoms with van der Waals surface area (Å²) in [5.74, 6) is -0.843. The minimum absolute atomic E-state index is 0.00490. The van der Waals surface area contributed by atoms with Crippen LogP contribution in [0.4, 0.5) is 0 Å². The summed E-state index contributed by atoms with van der Waals surface area (Å²) < 4.78 is 2.02. The van der Waals surface area contributed by atoms with E-state index in [0.29, 0.717) is 12.2 Å². The zero-order valence-electron chi connectivity index (χ0n) is 9.46. The van der Waals surface area contributed by atoms with E-state index in [1.54, 1.807) is 5.38 Å². The van der Waals surface area contributed by atoms with Crippen LogP contribution in [0.25, 0.3) is 0 Å². The quantitative estimate of drug-likeness (QED) is 0.834. The van der Waals surface area contributed by atoms with Gasteiger partial charge in [0.1, 0.15) is 0 Å². The SMILES string of the molecule is Cc1cc[n+](Cc2nc(CC(=O)O)cs2)cc1. The van der Waals surface area contributed by atoms with Gasteiger partial charge >= 0.3 is 5.97 Å². The molecular weight excluding hydrogens is 236 g/mol. The number of carbonyl (C=O) groups is 1. The lowest BCUT2D eigenvalue weighted by atomic mass is 10.3. The first-order valence-electron chi connectivity index (χ1n) is 5.24. The van der Waals surface area contributed by atoms with Gasteiger partial charge in [-0.1, -0.05) is 0 Å². The molecule has 88 valence electrons. The van der Waals surface area contributed by atoms with Crippen LogP contribution in [0.1, 0.15) is 16.3 Å². The molecule has 4 nitrogen and oxygen atoms in total. The Balaban J connectivity index is 2.06. The van der Waals surface area contributed by atoms with Crippen molar-refractivity contribution >= 4 is 17.3 Å². The van der Waals surface area contributed by atoms with Gasteiger partial charge in [0.15, 0.2) is 23.9 Å². The monoisotopic (exact) mass is 249 g/mol. The number of rotatable bonds is 4. The molecule has 0 radical (unpaired) electrons. The third-order valence-corrected chi connectivity index (χ3v) is 3.19. The highest BCUT2D eigenvalue weighted by molar-refractivity contribution is 7.09. The molecule has 2 rings (SSSR count). The van der Waals surface area contributed by atoms with Gasteiger partial charge in [-0.15, -0.1) is 11.3 Å². The molecule has 5 heteroatoms. The van der Waals surface area contributed by atoms with E-state index in [1.165, 1.54) is 16.9 Å². The first-order chi connectivity index (χ1) is 8.13. The van der Waals surface area contributed by atoms with Crippen molar-refractivity contribution in [3.8, 4) is 0 Å². The lowest BCUT2D eigenvalue weighted by molar-refractivity contribution is -0.688. The summed E-state index contributed by atoms with van der Waals surface area (Å²) in [7, 11) is 0. The third kappa shape index (κ3) is 3.35. The van der Waals surface area contributed by atoms with Gasteiger partial charge < -0.3 is 5.11 Å². The maximum atomic E-state index is 10.5. The fourth-order valence-corrected chi connectivity index (χ4v) is 2.25. The highest BCUT2D eigenvalue weighted by Crippen LogP contribution is 2.10. The number of hydrogen-bond acceptors (Lipinski definition) is 3. The maximum Gasteiger partial charge on any atom is 0.309 e. The first-order valence-corrected chi connectivity index (χ1v) is 6.12. The molecular formula is C12H13N2O2S+. The van der Waals surface area contributed by atoms with Gasteiger partial charge in [0.2, 0.25) is 0 Å². The van der Waals surface area contributed by atoms with Crippen molar-refractivity contribution < 1.29 is 14.5 Å². The number of aryl methyl sites for hydroxylation is 1. The average molecular weight is 249 g/mol. The van der Waals surface area contributed by atoms with Gasteiger partial charge in [-0.2, -0.15) is 4.57 Å². The molecule has 2 aromatic rings. The van der Waals surface area contributed by atoms with E-state index in [2.05, 4.69) is 4.98 Å². The van der Waals surface area contributed by atoms with E-state index in [1.807, 2.05) is 36.0 Å². The molecule has 0 aliphatic carbocycles. The number of thiazole rings is 1. The molecule has 17 heavy (non-hydrogen) atoms. The van der Waals surface area contributed by atoms with Crippen LogP contribution in [0, 0.1) is 6.92 Å². The summed E-state index contributed by atoms with van der Waals surface area (Å²) in [6, 6.07) is 4.07. The Hall–Kier alpha value is -1.75. The van der Waals surface area contributed by atoms with E-state index in [-0.39, 0.29) is 6.42 Å². The summed E-state index contributed by atoms with van der Waals surface area (Å²) in [6.07, 6.45) is 3.98. The Morgan fingerprint density at radius 1 is 1.47 bits per heavy atom. The largest absolute Gasteiger partial charge is 0.481 e. The van der Waals surface area contributed by atoms with Gasteiger partial charge in [-0.3, -0.25) is 4.79 Å². The van der Waals surface area contributed by atoms with Gasteiger partial charge in [0.05, 0.1) is 12.1 Å². The fourth-order valence-electron chi connectivity index (χ4n) is 1.45. The Bertz CT molecular complexity index is 520. The molecule has 0 spiro atoms. The Morgan fingerprint density at radius 3 is 2.82 bits per heavy atom. The van der Waals surface area contributed by atoms with E-state index in [4.69, 9.17) is 5.11 Å². The van der Waals surface area contributed by atoms with Crippen molar-refractivity contribution in [3.05, 3.63) is 46.2 Å². The molecule has 2 aromatic heterocycles. The molecule has 1 N–H and O–H groups in total. The summed E-state index contributed by atoms with van der Waals surface area (Å²) in [6.45, 7) is 2.73. The number of aromatic nitrogens is 2. The molecule has 0 fully saturated rings. The molecule has 0 atom stereocenters. The Morgan fingerprint density at radius 2 is 2.18 bits per heavy atom. The number of pyridine rings is 1. The molecule has 0 saturated carbocycles. The second-order valence-corrected chi connectivity index (χ2v) is 4.79. The maximum absolute atomic E-state index is 10.5. The average Bonchev–Trinajstić information content (AvgIpc) is 2.68. The van der Waals surface area contributed by atoms with Crippen molar-refractivity contribution in [1.82, 2.24) is 4.98 Å². The van der Waals surface area contributed by atoms with Gasteiger partial charge in [0.25, 0.3) is 0 Å². The fraction of sp³-hybridized carbons (Fsp3) is 0.250. The van der Waals surface area contributed by atoms with Crippen molar-refractivity contribution in [1.29, 1.82) is 0 Å². The molecule has 0 amide bonds. The van der Waals surface area contributed by atoms with Gasteiger partial charge in [-0.05, 0) is 12.5 Å². The number of carboxylic acids is 1. The predicted octanol–water partition coefficient (Wildman–Crippen LogP) is 1.41. The molecule has 2 heterocycles. The molecule has 0 aliphatic rings. The topological polar surface area (TPSA) is 54.1 Å². The van der Waals surface area contributed by atoms with E-state index in [9.17, 15) is 4.79 Å². The molecule has 0 unspecified atom stereocenters. The van der Waals surface area contributed by atoms with Crippen molar-refractivity contribution in [3.63, 3.8) is 0 Å². The highest BCUT2D eigenvalue weighted by atomic mass is 32.1. The second-order valence-electron chi connectivity index (χ2n) is 3.85. The molecule has 0 aliphatic heterocycles. The minimum Gasteiger partial charge on any atom is -0.481 e. The highest BCUT2D eigenvalue weighted by Gasteiger charge is 2.09. The van der Waals surface area contributed by atoms with E-state index >= 15 is 0 Å². The van der Waals surface area contributed by atoms with Gasteiger partial charge in [-0.25, -0.2) is 4.98 Å². The smallest absolute Gasteiger partial charge is 0.309 e. The van der Waals surface area contributed by atoms with Crippen molar-refractivity contribution in [2.24, 2.45) is 0 Å². The summed E-state index contributed by atoms with van der Waals surface area (Å²) in [5, 5.41) is 11.4. The number of carboxylic acid groups (broad SMARTS) is 1. The number of aliphatic carboxylic acids is 1.